The van der Waals surface area contributed by atoms with Gasteiger partial charge in [0.15, 0.2) is 0 Å². The average molecular weight is 274 g/mol. The number of nitrogens with one attached hydrogen (secondary N) is 1. The lowest BCUT2D eigenvalue weighted by atomic mass is 10.1. The average Bonchev–Trinajstić information content (AvgIpc) is 2.17. The van der Waals surface area contributed by atoms with Crippen molar-refractivity contribution in [1.82, 2.24) is 5.32 Å². The second-order valence-electron chi connectivity index (χ2n) is 3.01. The molecule has 1 aromatic carbocycles. The van der Waals surface area contributed by atoms with Crippen LogP contribution >= 0.6 is 15.9 Å². The number of amides is 1. The topological polar surface area (TPSA) is 58.6 Å². The van der Waals surface area contributed by atoms with Gasteiger partial charge in [-0.3, -0.25) is 0 Å². The van der Waals surface area contributed by atoms with E-state index in [0.717, 1.165) is 10.0 Å². The van der Waals surface area contributed by atoms with E-state index in [1.807, 2.05) is 24.3 Å². The number of halogens is 1. The fourth-order valence-corrected chi connectivity index (χ4v) is 1.50. The molecule has 0 aliphatic rings. The molecule has 82 valence electrons. The van der Waals surface area contributed by atoms with Crippen LogP contribution in [0.4, 0.5) is 4.79 Å². The standard InChI is InChI=1S/C10H12BrNO3/c1-15-6-9(12-10(13)14)7-2-4-8(11)5-3-7/h2-5,9,12H,6H2,1H3,(H,13,14)/t9-/m0/s1. The molecule has 2 N–H and O–H groups in total. The Morgan fingerprint density at radius 3 is 2.60 bits per heavy atom. The molecule has 1 amide bonds. The zero-order valence-corrected chi connectivity index (χ0v) is 9.82. The maximum atomic E-state index is 10.5. The summed E-state index contributed by atoms with van der Waals surface area (Å²) in [6.45, 7) is 0.313. The molecule has 0 saturated heterocycles. The van der Waals surface area contributed by atoms with Crippen molar-refractivity contribution in [1.29, 1.82) is 0 Å². The largest absolute Gasteiger partial charge is 0.465 e. The number of rotatable bonds is 4. The highest BCUT2D eigenvalue weighted by atomic mass is 79.9. The van der Waals surface area contributed by atoms with E-state index in [4.69, 9.17) is 9.84 Å². The molecule has 1 atom stereocenters. The van der Waals surface area contributed by atoms with Gasteiger partial charge in [-0.15, -0.1) is 0 Å². The quantitative estimate of drug-likeness (QED) is 0.886. The molecule has 0 heterocycles. The first-order valence-corrected chi connectivity index (χ1v) is 5.16. The second-order valence-corrected chi connectivity index (χ2v) is 3.92. The van der Waals surface area contributed by atoms with Gasteiger partial charge in [0, 0.05) is 11.6 Å². The molecule has 0 aliphatic carbocycles. The van der Waals surface area contributed by atoms with Gasteiger partial charge < -0.3 is 15.2 Å². The Kier molecular flexibility index (Phi) is 4.58. The van der Waals surface area contributed by atoms with Crippen LogP contribution in [0.15, 0.2) is 28.7 Å². The molecule has 5 heteroatoms. The van der Waals surface area contributed by atoms with Crippen LogP contribution < -0.4 is 5.32 Å². The van der Waals surface area contributed by atoms with Gasteiger partial charge in [-0.1, -0.05) is 28.1 Å². The van der Waals surface area contributed by atoms with Crippen molar-refractivity contribution < 1.29 is 14.6 Å². The summed E-state index contributed by atoms with van der Waals surface area (Å²) in [7, 11) is 1.54. The minimum absolute atomic E-state index is 0.313. The fourth-order valence-electron chi connectivity index (χ4n) is 1.23. The molecule has 0 unspecified atom stereocenters. The summed E-state index contributed by atoms with van der Waals surface area (Å²) in [6.07, 6.45) is -1.06. The molecule has 15 heavy (non-hydrogen) atoms. The summed E-state index contributed by atoms with van der Waals surface area (Å²) in [6, 6.07) is 7.09. The lowest BCUT2D eigenvalue weighted by molar-refractivity contribution is 0.152. The summed E-state index contributed by atoms with van der Waals surface area (Å²) in [5, 5.41) is 11.0. The van der Waals surface area contributed by atoms with E-state index in [1.165, 1.54) is 7.11 Å². The van der Waals surface area contributed by atoms with E-state index in [1.54, 1.807) is 0 Å². The first-order valence-electron chi connectivity index (χ1n) is 4.37. The van der Waals surface area contributed by atoms with Crippen molar-refractivity contribution in [2.45, 2.75) is 6.04 Å². The fraction of sp³-hybridized carbons (Fsp3) is 0.300. The van der Waals surface area contributed by atoms with Gasteiger partial charge in [-0.05, 0) is 17.7 Å². The number of benzene rings is 1. The maximum Gasteiger partial charge on any atom is 0.405 e. The van der Waals surface area contributed by atoms with Gasteiger partial charge in [0.05, 0.1) is 12.6 Å². The molecule has 0 aliphatic heterocycles. The van der Waals surface area contributed by atoms with Crippen LogP contribution in [-0.4, -0.2) is 24.9 Å². The van der Waals surface area contributed by atoms with Crippen molar-refractivity contribution >= 4 is 22.0 Å². The summed E-state index contributed by atoms with van der Waals surface area (Å²) < 4.78 is 5.91. The maximum absolute atomic E-state index is 10.5. The molecule has 0 fully saturated rings. The third kappa shape index (κ3) is 3.89. The Bertz CT molecular complexity index is 326. The molecule has 0 spiro atoms. The first kappa shape index (κ1) is 12.0. The Labute approximate surface area is 96.4 Å². The van der Waals surface area contributed by atoms with Gasteiger partial charge in [0.2, 0.25) is 0 Å². The summed E-state index contributed by atoms with van der Waals surface area (Å²) in [4.78, 5) is 10.5. The summed E-state index contributed by atoms with van der Waals surface area (Å²) in [5.41, 5.74) is 0.877. The van der Waals surface area contributed by atoms with Crippen LogP contribution in [0.2, 0.25) is 0 Å². The minimum atomic E-state index is -1.06. The van der Waals surface area contributed by atoms with Gasteiger partial charge in [0.1, 0.15) is 0 Å². The Hall–Kier alpha value is -1.07. The number of methoxy groups -OCH3 is 1. The lowest BCUT2D eigenvalue weighted by Crippen LogP contribution is -2.29. The molecule has 0 aromatic heterocycles. The van der Waals surface area contributed by atoms with Gasteiger partial charge in [-0.2, -0.15) is 0 Å². The van der Waals surface area contributed by atoms with Crippen molar-refractivity contribution in [2.75, 3.05) is 13.7 Å². The normalized spacial score (nSPS) is 12.1. The van der Waals surface area contributed by atoms with Crippen LogP contribution in [-0.2, 0) is 4.74 Å². The Balaban J connectivity index is 2.78. The number of carboxylic acid groups (broad SMARTS) is 1. The van der Waals surface area contributed by atoms with Crippen LogP contribution in [0.1, 0.15) is 11.6 Å². The van der Waals surface area contributed by atoms with Gasteiger partial charge in [-0.25, -0.2) is 4.79 Å². The predicted molar refractivity (Wildman–Crippen MR) is 59.9 cm³/mol. The van der Waals surface area contributed by atoms with Crippen molar-refractivity contribution in [3.8, 4) is 0 Å². The van der Waals surface area contributed by atoms with Crippen LogP contribution in [0.3, 0.4) is 0 Å². The third-order valence-corrected chi connectivity index (χ3v) is 2.43. The molecule has 1 aromatic rings. The van der Waals surface area contributed by atoms with Gasteiger partial charge >= 0.3 is 6.09 Å². The number of hydrogen-bond donors (Lipinski definition) is 2. The van der Waals surface area contributed by atoms with E-state index < -0.39 is 6.09 Å². The van der Waals surface area contributed by atoms with E-state index >= 15 is 0 Å². The van der Waals surface area contributed by atoms with Crippen molar-refractivity contribution in [2.24, 2.45) is 0 Å². The number of ether oxygens (including phenoxy) is 1. The first-order chi connectivity index (χ1) is 7.13. The molecular weight excluding hydrogens is 262 g/mol. The van der Waals surface area contributed by atoms with Crippen LogP contribution in [0, 0.1) is 0 Å². The molecule has 4 nitrogen and oxygen atoms in total. The van der Waals surface area contributed by atoms with Crippen molar-refractivity contribution in [3.05, 3.63) is 34.3 Å². The Morgan fingerprint density at radius 2 is 2.13 bits per heavy atom. The highest BCUT2D eigenvalue weighted by molar-refractivity contribution is 9.10. The summed E-state index contributed by atoms with van der Waals surface area (Å²) in [5.74, 6) is 0. The Morgan fingerprint density at radius 1 is 1.53 bits per heavy atom. The summed E-state index contributed by atoms with van der Waals surface area (Å²) >= 11 is 3.32. The highest BCUT2D eigenvalue weighted by Crippen LogP contribution is 2.17. The predicted octanol–water partition coefficient (Wildman–Crippen LogP) is 2.40. The van der Waals surface area contributed by atoms with E-state index in [0.29, 0.717) is 6.61 Å². The molecule has 0 saturated carbocycles. The van der Waals surface area contributed by atoms with E-state index in [2.05, 4.69) is 21.2 Å². The van der Waals surface area contributed by atoms with Crippen LogP contribution in [0.25, 0.3) is 0 Å². The van der Waals surface area contributed by atoms with E-state index in [-0.39, 0.29) is 6.04 Å². The molecular formula is C10H12BrNO3. The smallest absolute Gasteiger partial charge is 0.405 e. The van der Waals surface area contributed by atoms with Gasteiger partial charge in [0.25, 0.3) is 0 Å². The minimum Gasteiger partial charge on any atom is -0.465 e. The second kappa shape index (κ2) is 5.72. The van der Waals surface area contributed by atoms with Crippen LogP contribution in [0.5, 0.6) is 0 Å². The van der Waals surface area contributed by atoms with E-state index in [9.17, 15) is 4.79 Å². The SMILES string of the molecule is COC[C@H](NC(=O)O)c1ccc(Br)cc1. The molecule has 0 bridgehead atoms. The number of carbonyl (C=O) groups is 1. The lowest BCUT2D eigenvalue weighted by Gasteiger charge is -2.16. The third-order valence-electron chi connectivity index (χ3n) is 1.90. The molecule has 1 rings (SSSR count). The highest BCUT2D eigenvalue weighted by Gasteiger charge is 2.13. The zero-order valence-electron chi connectivity index (χ0n) is 8.24. The monoisotopic (exact) mass is 273 g/mol. The number of hydrogen-bond acceptors (Lipinski definition) is 2. The molecule has 0 radical (unpaired) electrons. The van der Waals surface area contributed by atoms with Crippen molar-refractivity contribution in [3.63, 3.8) is 0 Å². The zero-order chi connectivity index (χ0) is 11.3.